The van der Waals surface area contributed by atoms with Crippen molar-refractivity contribution in [1.29, 1.82) is 0 Å². The van der Waals surface area contributed by atoms with Crippen LogP contribution >= 0.6 is 11.3 Å². The minimum absolute atomic E-state index is 0.00903. The fraction of sp³-hybridized carbons (Fsp3) is 0.200. The van der Waals surface area contributed by atoms with E-state index in [1.165, 1.54) is 16.2 Å². The molecule has 3 aromatic heterocycles. The van der Waals surface area contributed by atoms with E-state index < -0.39 is 17.7 Å². The zero-order valence-corrected chi connectivity index (χ0v) is 15.8. The van der Waals surface area contributed by atoms with Gasteiger partial charge in [-0.2, -0.15) is 0 Å². The van der Waals surface area contributed by atoms with E-state index in [2.05, 4.69) is 9.97 Å². The number of ketones is 1. The molecule has 142 valence electrons. The summed E-state index contributed by atoms with van der Waals surface area (Å²) in [7, 11) is 0. The van der Waals surface area contributed by atoms with E-state index in [0.29, 0.717) is 30.0 Å². The third kappa shape index (κ3) is 3.34. The Labute approximate surface area is 165 Å². The van der Waals surface area contributed by atoms with E-state index >= 15 is 0 Å². The SMILES string of the molecule is O=C(C1=C([O-])C(=O)N(CCC[n+]2cc[nH]c2)C1c1cccnc1)c1cccs1. The van der Waals surface area contributed by atoms with Gasteiger partial charge in [-0.1, -0.05) is 12.1 Å². The minimum Gasteiger partial charge on any atom is -0.868 e. The van der Waals surface area contributed by atoms with E-state index in [9.17, 15) is 14.7 Å². The first-order valence-corrected chi connectivity index (χ1v) is 9.77. The molecule has 1 unspecified atom stereocenters. The van der Waals surface area contributed by atoms with Crippen LogP contribution in [0.1, 0.15) is 27.7 Å². The first kappa shape index (κ1) is 18.1. The Balaban J connectivity index is 1.64. The van der Waals surface area contributed by atoms with Gasteiger partial charge in [0.15, 0.2) is 0 Å². The molecule has 28 heavy (non-hydrogen) atoms. The average Bonchev–Trinajstić information content (AvgIpc) is 3.46. The predicted molar refractivity (Wildman–Crippen MR) is 100.0 cm³/mol. The molecule has 0 fully saturated rings. The summed E-state index contributed by atoms with van der Waals surface area (Å²) in [5.41, 5.74) is 0.672. The summed E-state index contributed by atoms with van der Waals surface area (Å²) in [5, 5.41) is 14.5. The second-order valence-electron chi connectivity index (χ2n) is 6.44. The van der Waals surface area contributed by atoms with Crippen molar-refractivity contribution in [1.82, 2.24) is 14.9 Å². The third-order valence-corrected chi connectivity index (χ3v) is 5.56. The van der Waals surface area contributed by atoms with Gasteiger partial charge in [-0.25, -0.2) is 4.57 Å². The predicted octanol–water partition coefficient (Wildman–Crippen LogP) is 1.23. The molecule has 0 saturated heterocycles. The molecule has 8 heteroatoms. The number of imidazole rings is 1. The Morgan fingerprint density at radius 1 is 1.36 bits per heavy atom. The average molecular weight is 394 g/mol. The van der Waals surface area contributed by atoms with E-state index in [4.69, 9.17) is 0 Å². The molecule has 0 saturated carbocycles. The Bertz CT molecular complexity index is 998. The number of rotatable bonds is 7. The molecular weight excluding hydrogens is 376 g/mol. The first-order valence-electron chi connectivity index (χ1n) is 8.89. The number of thiophene rings is 1. The number of hydrogen-bond donors (Lipinski definition) is 1. The molecule has 1 aliphatic heterocycles. The van der Waals surface area contributed by atoms with Crippen LogP contribution in [0.5, 0.6) is 0 Å². The molecule has 4 rings (SSSR count). The molecule has 1 N–H and O–H groups in total. The molecule has 1 atom stereocenters. The van der Waals surface area contributed by atoms with Crippen molar-refractivity contribution in [2.75, 3.05) is 6.54 Å². The molecular formula is C20H18N4O3S. The van der Waals surface area contributed by atoms with Crippen LogP contribution in [-0.2, 0) is 11.3 Å². The van der Waals surface area contributed by atoms with E-state index in [0.717, 1.165) is 0 Å². The number of H-pyrrole nitrogens is 1. The number of nitrogens with one attached hydrogen (secondary N) is 1. The van der Waals surface area contributed by atoms with Gasteiger partial charge in [0, 0.05) is 30.9 Å². The molecule has 0 aliphatic carbocycles. The van der Waals surface area contributed by atoms with Crippen molar-refractivity contribution in [3.05, 3.63) is 82.5 Å². The normalized spacial score (nSPS) is 16.8. The number of carbonyl (C=O) groups excluding carboxylic acids is 2. The van der Waals surface area contributed by atoms with Gasteiger partial charge in [-0.15, -0.1) is 11.3 Å². The topological polar surface area (TPSA) is 93.0 Å². The van der Waals surface area contributed by atoms with Crippen LogP contribution < -0.4 is 9.67 Å². The lowest BCUT2D eigenvalue weighted by atomic mass is 9.96. The smallest absolute Gasteiger partial charge is 0.241 e. The van der Waals surface area contributed by atoms with Crippen molar-refractivity contribution in [2.45, 2.75) is 19.0 Å². The number of hydrogen-bond acceptors (Lipinski definition) is 5. The molecule has 0 bridgehead atoms. The van der Waals surface area contributed by atoms with Gasteiger partial charge >= 0.3 is 0 Å². The standard InChI is InChI=1S/C20H18N4O3S/c25-18(15-5-2-11-28-15)16-17(14-4-1-6-21-12-14)24(20(27)19(16)26)9-3-8-23-10-7-22-13-23/h1-2,4-7,10-13,17H,3,8-9H2,(H,25,26). The third-order valence-electron chi connectivity index (χ3n) is 4.69. The second-order valence-corrected chi connectivity index (χ2v) is 7.39. The number of amides is 1. The van der Waals surface area contributed by atoms with Crippen molar-refractivity contribution < 1.29 is 19.3 Å². The van der Waals surface area contributed by atoms with Gasteiger partial charge in [0.1, 0.15) is 12.4 Å². The summed E-state index contributed by atoms with van der Waals surface area (Å²) < 4.78 is 1.96. The van der Waals surface area contributed by atoms with Gasteiger partial charge in [-0.3, -0.25) is 19.6 Å². The van der Waals surface area contributed by atoms with Crippen LogP contribution in [0.3, 0.4) is 0 Å². The lowest BCUT2D eigenvalue weighted by Gasteiger charge is -2.27. The molecule has 0 aromatic carbocycles. The molecule has 3 aromatic rings. The lowest BCUT2D eigenvalue weighted by Crippen LogP contribution is -2.37. The maximum absolute atomic E-state index is 13.0. The highest BCUT2D eigenvalue weighted by atomic mass is 32.1. The summed E-state index contributed by atoms with van der Waals surface area (Å²) in [4.78, 5) is 34.8. The molecule has 0 spiro atoms. The number of carbonyl (C=O) groups is 2. The van der Waals surface area contributed by atoms with E-state index in [1.54, 1.807) is 42.0 Å². The second kappa shape index (κ2) is 7.77. The van der Waals surface area contributed by atoms with Gasteiger partial charge in [-0.05, 0) is 28.8 Å². The number of aromatic nitrogens is 3. The van der Waals surface area contributed by atoms with Gasteiger partial charge < -0.3 is 10.0 Å². The number of nitrogens with zero attached hydrogens (tertiary/aromatic N) is 3. The maximum Gasteiger partial charge on any atom is 0.241 e. The highest BCUT2D eigenvalue weighted by molar-refractivity contribution is 7.12. The fourth-order valence-electron chi connectivity index (χ4n) is 3.41. The van der Waals surface area contributed by atoms with E-state index in [1.807, 2.05) is 23.3 Å². The van der Waals surface area contributed by atoms with Crippen LogP contribution in [0.25, 0.3) is 0 Å². The molecule has 1 amide bonds. The van der Waals surface area contributed by atoms with Gasteiger partial charge in [0.05, 0.1) is 17.5 Å². The van der Waals surface area contributed by atoms with Crippen LogP contribution in [0.15, 0.2) is 72.1 Å². The lowest BCUT2D eigenvalue weighted by molar-refractivity contribution is -0.695. The quantitative estimate of drug-likeness (QED) is 0.482. The highest BCUT2D eigenvalue weighted by Crippen LogP contribution is 2.38. The van der Waals surface area contributed by atoms with Crippen molar-refractivity contribution in [3.8, 4) is 0 Å². The zero-order valence-electron chi connectivity index (χ0n) is 14.9. The zero-order chi connectivity index (χ0) is 19.5. The summed E-state index contributed by atoms with van der Waals surface area (Å²) in [6.45, 7) is 1.05. The summed E-state index contributed by atoms with van der Waals surface area (Å²) in [6.07, 6.45) is 9.41. The summed E-state index contributed by atoms with van der Waals surface area (Å²) in [6, 6.07) is 6.25. The minimum atomic E-state index is -0.721. The number of Topliss-reactive ketones (excluding diaryl/α,β-unsaturated/α-hetero) is 1. The largest absolute Gasteiger partial charge is 0.868 e. The van der Waals surface area contributed by atoms with Crippen LogP contribution in [0.2, 0.25) is 0 Å². The van der Waals surface area contributed by atoms with Crippen LogP contribution in [-0.4, -0.2) is 33.1 Å². The van der Waals surface area contributed by atoms with Crippen molar-refractivity contribution in [2.24, 2.45) is 0 Å². The highest BCUT2D eigenvalue weighted by Gasteiger charge is 2.39. The monoisotopic (exact) mass is 394 g/mol. The van der Waals surface area contributed by atoms with Crippen molar-refractivity contribution >= 4 is 23.0 Å². The Hall–Kier alpha value is -3.26. The number of aryl methyl sites for hydroxylation is 1. The number of aromatic amines is 1. The molecule has 0 radical (unpaired) electrons. The molecule has 1 aliphatic rings. The first-order chi connectivity index (χ1) is 13.7. The maximum atomic E-state index is 13.0. The van der Waals surface area contributed by atoms with Gasteiger partial charge in [0.2, 0.25) is 18.0 Å². The van der Waals surface area contributed by atoms with E-state index in [-0.39, 0.29) is 11.4 Å². The Morgan fingerprint density at radius 3 is 2.93 bits per heavy atom. The Morgan fingerprint density at radius 2 is 2.25 bits per heavy atom. The summed E-state index contributed by atoms with van der Waals surface area (Å²) >= 11 is 1.26. The molecule has 7 nitrogen and oxygen atoms in total. The van der Waals surface area contributed by atoms with Crippen LogP contribution in [0.4, 0.5) is 0 Å². The molecule has 4 heterocycles. The Kier molecular flexibility index (Phi) is 5.03. The van der Waals surface area contributed by atoms with Gasteiger partial charge in [0.25, 0.3) is 0 Å². The number of pyridine rings is 1. The fourth-order valence-corrected chi connectivity index (χ4v) is 4.09. The summed E-state index contributed by atoms with van der Waals surface area (Å²) in [5.74, 6) is -1.74. The van der Waals surface area contributed by atoms with Crippen LogP contribution in [0, 0.1) is 0 Å². The van der Waals surface area contributed by atoms with Crippen molar-refractivity contribution in [3.63, 3.8) is 0 Å².